The third-order valence-electron chi connectivity index (χ3n) is 11.2. The van der Waals surface area contributed by atoms with E-state index in [1.807, 2.05) is 41.5 Å². The Morgan fingerprint density at radius 3 is 1.78 bits per heavy atom. The zero-order valence-corrected chi connectivity index (χ0v) is 41.6. The van der Waals surface area contributed by atoms with E-state index in [-0.39, 0.29) is 36.5 Å². The van der Waals surface area contributed by atoms with Gasteiger partial charge in [-0.15, -0.1) is 0 Å². The standard InChI is InChI=1S/C26H41NO4.C17H25N3O2.C3H6O2.3C2H6/c1-4-5-6-7-8-9-10-11-12-13-14-15-16-17-18-19-20-21-23(28)31-22-26(2,3)24(29)25(27)30;18-9-14-2-1-3-20(14)15(21)10-19-16-5-12-4-13(6-16)8-17(22,7-12)11-16;1-2-3(4)5;3*1-2/h5-6,8-9,11-12,14-15,17-18,24,29H,4,7,10,13,16,19-22H2,1-3H3,(H2,27,30);12-14,19,22H,1-8,10-11H2;2H2,1H3,(H,4,5);3*1-2H3/b6-5-,9-8-,12-11-,15-14-,18-17-;;;;;/t24-;;;;;/m0...../s1. The quantitative estimate of drug-likeness (QED) is 0.0419. The van der Waals surface area contributed by atoms with Crippen LogP contribution in [0.1, 0.15) is 178 Å². The van der Waals surface area contributed by atoms with Crippen LogP contribution in [0.2, 0.25) is 0 Å². The van der Waals surface area contributed by atoms with E-state index in [9.17, 15) is 29.4 Å². The second-order valence-corrected chi connectivity index (χ2v) is 17.0. The fraction of sp³-hybridized carbons (Fsp3) is 0.712. The number of carbonyl (C=O) groups excluding carboxylic acids is 3. The summed E-state index contributed by atoms with van der Waals surface area (Å²) in [6.45, 7) is 20.0. The first-order chi connectivity index (χ1) is 30.6. The van der Waals surface area contributed by atoms with Crippen molar-refractivity contribution in [1.82, 2.24) is 10.2 Å². The number of carboxylic acids is 1. The van der Waals surface area contributed by atoms with Crippen molar-refractivity contribution in [3.05, 3.63) is 60.8 Å². The molecular weight excluding hydrogens is 809 g/mol. The Labute approximate surface area is 388 Å². The van der Waals surface area contributed by atoms with Crippen LogP contribution >= 0.6 is 0 Å². The number of carboxylic acid groups (broad SMARTS) is 1. The van der Waals surface area contributed by atoms with Crippen molar-refractivity contribution in [2.75, 3.05) is 19.7 Å². The summed E-state index contributed by atoms with van der Waals surface area (Å²) in [4.78, 5) is 46.4. The van der Waals surface area contributed by atoms with Gasteiger partial charge in [-0.05, 0) is 108 Å². The number of rotatable bonds is 21. The number of esters is 1. The summed E-state index contributed by atoms with van der Waals surface area (Å²) >= 11 is 0. The van der Waals surface area contributed by atoms with Crippen LogP contribution in [0.5, 0.6) is 0 Å². The zero-order chi connectivity index (χ0) is 49.0. The number of aliphatic hydroxyl groups excluding tert-OH is 1. The van der Waals surface area contributed by atoms with Crippen molar-refractivity contribution in [3.63, 3.8) is 0 Å². The first kappa shape index (κ1) is 62.0. The highest BCUT2D eigenvalue weighted by molar-refractivity contribution is 5.80. The van der Waals surface area contributed by atoms with Crippen molar-refractivity contribution in [2.24, 2.45) is 23.0 Å². The normalized spacial score (nSPS) is 23.4. The third-order valence-corrected chi connectivity index (χ3v) is 11.2. The number of nitrogens with one attached hydrogen (secondary N) is 1. The van der Waals surface area contributed by atoms with Gasteiger partial charge in [-0.25, -0.2) is 0 Å². The molecule has 2 amide bonds. The smallest absolute Gasteiger partial charge is 0.305 e. The summed E-state index contributed by atoms with van der Waals surface area (Å²) in [7, 11) is 0. The van der Waals surface area contributed by atoms with Crippen molar-refractivity contribution < 1.29 is 39.2 Å². The Morgan fingerprint density at radius 2 is 1.34 bits per heavy atom. The van der Waals surface area contributed by atoms with E-state index in [4.69, 9.17) is 20.8 Å². The number of aliphatic hydroxyl groups is 2. The van der Waals surface area contributed by atoms with Crippen LogP contribution in [0.15, 0.2) is 60.8 Å². The predicted octanol–water partition coefficient (Wildman–Crippen LogP) is 10.1. The second kappa shape index (κ2) is 36.2. The molecule has 3 unspecified atom stereocenters. The molecule has 5 aliphatic rings. The summed E-state index contributed by atoms with van der Waals surface area (Å²) in [6.07, 6.45) is 34.9. The van der Waals surface area contributed by atoms with Crippen LogP contribution in [-0.2, 0) is 23.9 Å². The van der Waals surface area contributed by atoms with Crippen molar-refractivity contribution in [3.8, 4) is 6.07 Å². The number of allylic oxidation sites excluding steroid dienone is 10. The van der Waals surface area contributed by atoms with Crippen LogP contribution in [0.25, 0.3) is 0 Å². The molecule has 0 aromatic heterocycles. The maximum Gasteiger partial charge on any atom is 0.305 e. The van der Waals surface area contributed by atoms with E-state index in [0.717, 1.165) is 83.5 Å². The molecule has 1 heterocycles. The highest BCUT2D eigenvalue weighted by atomic mass is 16.5. The average Bonchev–Trinajstić information content (AvgIpc) is 3.77. The molecule has 4 bridgehead atoms. The number of amides is 2. The van der Waals surface area contributed by atoms with E-state index in [1.54, 1.807) is 25.7 Å². The van der Waals surface area contributed by atoms with Crippen LogP contribution in [0, 0.1) is 28.6 Å². The molecule has 0 radical (unpaired) electrons. The van der Waals surface area contributed by atoms with Gasteiger partial charge in [0.05, 0.1) is 24.8 Å². The molecule has 1 saturated heterocycles. The lowest BCUT2D eigenvalue weighted by Crippen LogP contribution is -2.65. The summed E-state index contributed by atoms with van der Waals surface area (Å²) in [5, 5.41) is 40.8. The molecule has 1 aliphatic heterocycles. The van der Waals surface area contributed by atoms with Crippen LogP contribution < -0.4 is 11.1 Å². The number of nitrogens with two attached hydrogens (primary N) is 1. The lowest BCUT2D eigenvalue weighted by atomic mass is 9.51. The van der Waals surface area contributed by atoms with Gasteiger partial charge < -0.3 is 36.0 Å². The summed E-state index contributed by atoms with van der Waals surface area (Å²) in [6, 6.07) is 1.99. The number of likely N-dealkylation sites (tertiary alicyclic amines) is 1. The number of nitriles is 1. The molecule has 4 saturated carbocycles. The number of primary amides is 1. The first-order valence-electron chi connectivity index (χ1n) is 24.4. The highest BCUT2D eigenvalue weighted by Gasteiger charge is 2.57. The summed E-state index contributed by atoms with van der Waals surface area (Å²) < 4.78 is 5.15. The first-order valence-corrected chi connectivity index (χ1v) is 24.4. The molecule has 12 heteroatoms. The maximum absolute atomic E-state index is 12.4. The van der Waals surface area contributed by atoms with Gasteiger partial charge in [-0.2, -0.15) is 5.26 Å². The Balaban J connectivity index is 0. The van der Waals surface area contributed by atoms with E-state index in [0.29, 0.717) is 37.8 Å². The molecule has 0 aromatic carbocycles. The Bertz CT molecular complexity index is 1480. The molecule has 64 heavy (non-hydrogen) atoms. The maximum atomic E-state index is 12.4. The topological polar surface area (TPSA) is 203 Å². The SMILES string of the molecule is CC.CC.CC.CC/C=C\C/C=C\C/C=C\C/C=C\C/C=C\CCCC(=O)OCC(C)(C)[C@@H](O)C(N)=O.CCC(=O)O.N#CC1CCCN1C(=O)CNC12CC3CC(CC(O)(C3)C1)C2. The molecule has 4 atom stereocenters. The Morgan fingerprint density at radius 1 is 0.859 bits per heavy atom. The Kier molecular flexibility index (Phi) is 35.1. The molecule has 4 aliphatic carbocycles. The minimum absolute atomic E-state index is 0.0440. The van der Waals surface area contributed by atoms with Gasteiger partial charge in [0.1, 0.15) is 12.1 Å². The van der Waals surface area contributed by atoms with E-state index < -0.39 is 29.0 Å². The van der Waals surface area contributed by atoms with Crippen LogP contribution in [0.3, 0.4) is 0 Å². The highest BCUT2D eigenvalue weighted by Crippen LogP contribution is 2.57. The lowest BCUT2D eigenvalue weighted by Gasteiger charge is -2.60. The van der Waals surface area contributed by atoms with Gasteiger partial charge in [0.2, 0.25) is 11.8 Å². The number of aliphatic carboxylic acids is 1. The molecule has 6 N–H and O–H groups in total. The Hall–Kier alpha value is -4.05. The monoisotopic (exact) mass is 899 g/mol. The number of ether oxygens (including phenoxy) is 1. The van der Waals surface area contributed by atoms with Gasteiger partial charge in [0.25, 0.3) is 0 Å². The fourth-order valence-corrected chi connectivity index (χ4v) is 8.52. The van der Waals surface area contributed by atoms with Crippen LogP contribution in [0.4, 0.5) is 0 Å². The third kappa shape index (κ3) is 26.0. The molecule has 0 aromatic rings. The summed E-state index contributed by atoms with van der Waals surface area (Å²) in [5.41, 5.74) is 3.65. The summed E-state index contributed by atoms with van der Waals surface area (Å²) in [5.74, 6) is -0.617. The van der Waals surface area contributed by atoms with E-state index in [2.05, 4.69) is 79.1 Å². The molecule has 12 nitrogen and oxygen atoms in total. The van der Waals surface area contributed by atoms with E-state index >= 15 is 0 Å². The molecule has 5 rings (SSSR count). The van der Waals surface area contributed by atoms with Crippen molar-refractivity contribution in [1.29, 1.82) is 5.26 Å². The molecular formula is C52H90N4O8. The molecule has 0 spiro atoms. The van der Waals surface area contributed by atoms with Crippen molar-refractivity contribution in [2.45, 2.75) is 202 Å². The zero-order valence-electron chi connectivity index (χ0n) is 41.6. The number of hydrogen-bond acceptors (Lipinski definition) is 9. The van der Waals surface area contributed by atoms with Crippen LogP contribution in [-0.4, -0.2) is 87.0 Å². The largest absolute Gasteiger partial charge is 0.481 e. The number of unbranched alkanes of at least 4 members (excludes halogenated alkanes) is 1. The van der Waals surface area contributed by atoms with Gasteiger partial charge in [0, 0.05) is 30.3 Å². The lowest BCUT2D eigenvalue weighted by molar-refractivity contribution is -0.152. The van der Waals surface area contributed by atoms with Gasteiger partial charge in [-0.3, -0.25) is 19.2 Å². The second-order valence-electron chi connectivity index (χ2n) is 17.0. The minimum Gasteiger partial charge on any atom is -0.481 e. The van der Waals surface area contributed by atoms with Gasteiger partial charge in [-0.1, -0.05) is 130 Å². The van der Waals surface area contributed by atoms with Crippen molar-refractivity contribution >= 4 is 23.8 Å². The molecule has 366 valence electrons. The number of carbonyl (C=O) groups is 4. The predicted molar refractivity (Wildman–Crippen MR) is 261 cm³/mol. The number of hydrogen-bond donors (Lipinski definition) is 5. The minimum atomic E-state index is -1.35. The van der Waals surface area contributed by atoms with Gasteiger partial charge in [0.15, 0.2) is 0 Å². The fourth-order valence-electron chi connectivity index (χ4n) is 8.52. The van der Waals surface area contributed by atoms with E-state index in [1.165, 1.54) is 6.42 Å². The van der Waals surface area contributed by atoms with Gasteiger partial charge >= 0.3 is 11.9 Å². The molecule has 5 fully saturated rings. The number of nitrogens with zero attached hydrogens (tertiary/aromatic N) is 2. The average molecular weight is 899 g/mol.